The number of nitrogens with zero attached hydrogens (tertiary/aromatic N) is 2. The second-order valence-electron chi connectivity index (χ2n) is 1.51. The van der Waals surface area contributed by atoms with E-state index in [1.165, 1.54) is 12.5 Å². The normalized spacial score (nSPS) is 8.89. The van der Waals surface area contributed by atoms with Crippen molar-refractivity contribution < 1.29 is 0 Å². The number of aromatic nitrogens is 2. The van der Waals surface area contributed by atoms with Gasteiger partial charge in [-0.15, -0.1) is 0 Å². The van der Waals surface area contributed by atoms with E-state index < -0.39 is 0 Å². The van der Waals surface area contributed by atoms with Crippen LogP contribution in [0.2, 0.25) is 0 Å². The third kappa shape index (κ3) is 1.02. The first kappa shape index (κ1) is 5.68. The summed E-state index contributed by atoms with van der Waals surface area (Å²) in [4.78, 5) is 7.37. The van der Waals surface area contributed by atoms with Gasteiger partial charge in [0.15, 0.2) is 0 Å². The molecule has 0 aliphatic rings. The van der Waals surface area contributed by atoms with Crippen LogP contribution in [0.5, 0.6) is 0 Å². The SMILES string of the molecule is N=Cc1ncncc1N. The fourth-order valence-corrected chi connectivity index (χ4v) is 0.470. The summed E-state index contributed by atoms with van der Waals surface area (Å²) in [6, 6.07) is 0. The molecule has 1 rings (SSSR count). The third-order valence-corrected chi connectivity index (χ3v) is 0.910. The van der Waals surface area contributed by atoms with Gasteiger partial charge in [0.05, 0.1) is 11.9 Å². The van der Waals surface area contributed by atoms with Gasteiger partial charge >= 0.3 is 0 Å². The van der Waals surface area contributed by atoms with Crippen molar-refractivity contribution in [2.24, 2.45) is 0 Å². The molecule has 0 saturated heterocycles. The predicted molar refractivity (Wildman–Crippen MR) is 34.3 cm³/mol. The van der Waals surface area contributed by atoms with Crippen molar-refractivity contribution in [2.75, 3.05) is 5.73 Å². The Morgan fingerprint density at radius 3 is 2.89 bits per heavy atom. The molecule has 0 fully saturated rings. The summed E-state index contributed by atoms with van der Waals surface area (Å²) in [6.07, 6.45) is 3.92. The highest BCUT2D eigenvalue weighted by atomic mass is 14.9. The first-order chi connectivity index (χ1) is 4.34. The van der Waals surface area contributed by atoms with Crippen molar-refractivity contribution >= 4 is 11.9 Å². The second-order valence-corrected chi connectivity index (χ2v) is 1.51. The van der Waals surface area contributed by atoms with E-state index in [9.17, 15) is 0 Å². The van der Waals surface area contributed by atoms with Crippen molar-refractivity contribution in [3.63, 3.8) is 0 Å². The number of nitrogens with two attached hydrogens (primary N) is 1. The predicted octanol–water partition coefficient (Wildman–Crippen LogP) is 0.0565. The van der Waals surface area contributed by atoms with Gasteiger partial charge < -0.3 is 11.1 Å². The van der Waals surface area contributed by atoms with E-state index >= 15 is 0 Å². The third-order valence-electron chi connectivity index (χ3n) is 0.910. The molecule has 0 saturated carbocycles. The van der Waals surface area contributed by atoms with Gasteiger partial charge in [0.1, 0.15) is 12.0 Å². The van der Waals surface area contributed by atoms with Crippen molar-refractivity contribution in [1.29, 1.82) is 5.41 Å². The van der Waals surface area contributed by atoms with Crippen molar-refractivity contribution in [2.45, 2.75) is 0 Å². The molecule has 0 amide bonds. The molecule has 0 bridgehead atoms. The van der Waals surface area contributed by atoms with Gasteiger partial charge in [0.25, 0.3) is 0 Å². The van der Waals surface area contributed by atoms with Gasteiger partial charge in [-0.25, -0.2) is 9.97 Å². The quantitative estimate of drug-likeness (QED) is 0.517. The number of nitrogen functional groups attached to an aromatic ring is 1. The van der Waals surface area contributed by atoms with Crippen LogP contribution in [0.4, 0.5) is 5.69 Å². The zero-order valence-electron chi connectivity index (χ0n) is 4.70. The topological polar surface area (TPSA) is 75.7 Å². The lowest BCUT2D eigenvalue weighted by Crippen LogP contribution is -1.96. The number of hydrogen-bond acceptors (Lipinski definition) is 4. The van der Waals surface area contributed by atoms with Gasteiger partial charge in [-0.05, 0) is 0 Å². The average molecular weight is 122 g/mol. The first-order valence-electron chi connectivity index (χ1n) is 2.40. The fourth-order valence-electron chi connectivity index (χ4n) is 0.470. The van der Waals surface area contributed by atoms with E-state index in [2.05, 4.69) is 9.97 Å². The molecule has 0 spiro atoms. The minimum Gasteiger partial charge on any atom is -0.396 e. The van der Waals surface area contributed by atoms with Gasteiger partial charge in [-0.1, -0.05) is 0 Å². The van der Waals surface area contributed by atoms with Gasteiger partial charge in [0, 0.05) is 6.21 Å². The van der Waals surface area contributed by atoms with Crippen molar-refractivity contribution in [1.82, 2.24) is 9.97 Å². The van der Waals surface area contributed by atoms with E-state index in [1.807, 2.05) is 0 Å². The summed E-state index contributed by atoms with van der Waals surface area (Å²) in [6.45, 7) is 0. The van der Waals surface area contributed by atoms with Crippen LogP contribution in [-0.4, -0.2) is 16.2 Å². The fraction of sp³-hybridized carbons (Fsp3) is 0. The smallest absolute Gasteiger partial charge is 0.116 e. The number of rotatable bonds is 1. The molecule has 46 valence electrons. The summed E-state index contributed by atoms with van der Waals surface area (Å²) < 4.78 is 0. The molecule has 1 aromatic rings. The Morgan fingerprint density at radius 2 is 2.44 bits per heavy atom. The van der Waals surface area contributed by atoms with Crippen LogP contribution in [0.1, 0.15) is 5.69 Å². The van der Waals surface area contributed by atoms with E-state index in [4.69, 9.17) is 11.1 Å². The summed E-state index contributed by atoms with van der Waals surface area (Å²) in [7, 11) is 0. The maximum atomic E-state index is 6.79. The van der Waals surface area contributed by atoms with E-state index in [0.717, 1.165) is 6.21 Å². The lowest BCUT2D eigenvalue weighted by molar-refractivity contribution is 1.16. The zero-order chi connectivity index (χ0) is 6.69. The molecule has 0 atom stereocenters. The monoisotopic (exact) mass is 122 g/mol. The molecular formula is C5H6N4. The molecular weight excluding hydrogens is 116 g/mol. The minimum absolute atomic E-state index is 0.438. The van der Waals surface area contributed by atoms with Crippen molar-refractivity contribution in [3.05, 3.63) is 18.2 Å². The Bertz CT molecular complexity index is 220. The largest absolute Gasteiger partial charge is 0.396 e. The molecule has 1 aromatic heterocycles. The first-order valence-corrected chi connectivity index (χ1v) is 2.40. The van der Waals surface area contributed by atoms with Crippen LogP contribution < -0.4 is 5.73 Å². The summed E-state index contributed by atoms with van der Waals surface area (Å²) in [5.74, 6) is 0. The number of hydrogen-bond donors (Lipinski definition) is 2. The molecule has 3 N–H and O–H groups in total. The van der Waals surface area contributed by atoms with E-state index in [0.29, 0.717) is 11.4 Å². The van der Waals surface area contributed by atoms with Crippen LogP contribution in [0.25, 0.3) is 0 Å². The highest BCUT2D eigenvalue weighted by Gasteiger charge is 1.91. The number of anilines is 1. The van der Waals surface area contributed by atoms with E-state index in [-0.39, 0.29) is 0 Å². The summed E-state index contributed by atoms with van der Waals surface area (Å²) in [5.41, 5.74) is 6.26. The second kappa shape index (κ2) is 2.21. The van der Waals surface area contributed by atoms with Crippen LogP contribution in [0, 0.1) is 5.41 Å². The van der Waals surface area contributed by atoms with Gasteiger partial charge in [-0.3, -0.25) is 0 Å². The minimum atomic E-state index is 0.438. The van der Waals surface area contributed by atoms with Crippen LogP contribution >= 0.6 is 0 Å². The van der Waals surface area contributed by atoms with Crippen LogP contribution in [0.3, 0.4) is 0 Å². The standard InChI is InChI=1S/C5H6N4/c6-1-5-4(7)2-8-3-9-5/h1-3,6H,7H2. The molecule has 4 heteroatoms. The molecule has 1 heterocycles. The van der Waals surface area contributed by atoms with Crippen LogP contribution in [-0.2, 0) is 0 Å². The molecule has 0 aliphatic carbocycles. The average Bonchev–Trinajstić information content (AvgIpc) is 1.89. The molecule has 9 heavy (non-hydrogen) atoms. The maximum Gasteiger partial charge on any atom is 0.116 e. The molecule has 4 nitrogen and oxygen atoms in total. The molecule has 0 aromatic carbocycles. The van der Waals surface area contributed by atoms with Crippen molar-refractivity contribution in [3.8, 4) is 0 Å². The summed E-state index contributed by atoms with van der Waals surface area (Å²) >= 11 is 0. The van der Waals surface area contributed by atoms with E-state index in [1.54, 1.807) is 0 Å². The highest BCUT2D eigenvalue weighted by molar-refractivity contribution is 5.81. The summed E-state index contributed by atoms with van der Waals surface area (Å²) in [5, 5.41) is 6.79. The lowest BCUT2D eigenvalue weighted by atomic mass is 10.4. The Morgan fingerprint density at radius 1 is 1.67 bits per heavy atom. The number of nitrogens with one attached hydrogen (secondary N) is 1. The Balaban J connectivity index is 3.15. The zero-order valence-corrected chi connectivity index (χ0v) is 4.70. The van der Waals surface area contributed by atoms with Gasteiger partial charge in [-0.2, -0.15) is 0 Å². The Kier molecular flexibility index (Phi) is 1.40. The highest BCUT2D eigenvalue weighted by Crippen LogP contribution is 1.99. The maximum absolute atomic E-state index is 6.79. The Hall–Kier alpha value is -1.45. The Labute approximate surface area is 52.3 Å². The molecule has 0 radical (unpaired) electrons. The lowest BCUT2D eigenvalue weighted by Gasteiger charge is -1.92. The van der Waals surface area contributed by atoms with Gasteiger partial charge in [0.2, 0.25) is 0 Å². The van der Waals surface area contributed by atoms with Crippen LogP contribution in [0.15, 0.2) is 12.5 Å². The molecule has 0 aliphatic heterocycles. The molecule has 0 unspecified atom stereocenters.